The maximum atomic E-state index is 17.2. The number of alkyl halides is 1. The molecule has 5 aliphatic rings. The SMILES string of the molecule is C#Cc1c(F)ccc2cc(O)cc(-c3nc(OCC4CO4)c4c(N5CC6CCC(C5)N6)nc(OC[C@@]56CCCN5C[C@H](F)C6)nc4c3F)c12. The van der Waals surface area contributed by atoms with Crippen molar-refractivity contribution in [1.82, 2.24) is 25.2 Å². The number of benzene rings is 2. The zero-order valence-electron chi connectivity index (χ0n) is 26.7. The molecule has 0 radical (unpaired) electrons. The summed E-state index contributed by atoms with van der Waals surface area (Å²) in [5, 5.41) is 15.2. The lowest BCUT2D eigenvalue weighted by molar-refractivity contribution is 0.107. The molecule has 4 aromatic rings. The number of hydrogen-bond donors (Lipinski definition) is 2. The number of phenolic OH excluding ortho intramolecular Hbond substituents is 1. The van der Waals surface area contributed by atoms with E-state index in [-0.39, 0.29) is 82.2 Å². The molecule has 0 saturated carbocycles. The zero-order chi connectivity index (χ0) is 33.4. The number of nitrogens with zero attached hydrogens (tertiary/aromatic N) is 5. The second-order valence-electron chi connectivity index (χ2n) is 14.0. The average Bonchev–Trinajstić information content (AvgIpc) is 3.65. The molecule has 3 unspecified atom stereocenters. The number of fused-ring (bicyclic) bond motifs is 5. The number of aromatic hydroxyl groups is 1. The predicted molar refractivity (Wildman–Crippen MR) is 176 cm³/mol. The standard InChI is InChI=1S/C36H35F3N6O4/c1-2-25-27(38)7-4-19-10-23(46)11-26(28(19)25)31-30(39)32-29(34(41-31)48-17-24-16-47-24)33(44-14-21-5-6-22(15-44)40-21)43-35(42-32)49-18-36-8-3-9-45(36)13-20(37)12-36/h1,4,7,10-11,20-22,24,40,46H,3,5-6,8-9,12-18H2/t20-,21?,22?,24?,36+/m1/s1. The summed E-state index contributed by atoms with van der Waals surface area (Å²) in [5.74, 6) is 1.20. The smallest absolute Gasteiger partial charge is 0.319 e. The molecule has 49 heavy (non-hydrogen) atoms. The van der Waals surface area contributed by atoms with E-state index in [1.54, 1.807) is 0 Å². The van der Waals surface area contributed by atoms with Crippen molar-refractivity contribution < 1.29 is 32.5 Å². The maximum Gasteiger partial charge on any atom is 0.319 e. The number of phenols is 1. The Morgan fingerprint density at radius 1 is 1.08 bits per heavy atom. The van der Waals surface area contributed by atoms with Gasteiger partial charge >= 0.3 is 6.01 Å². The highest BCUT2D eigenvalue weighted by Gasteiger charge is 2.49. The number of halogens is 3. The van der Waals surface area contributed by atoms with E-state index >= 15 is 8.78 Å². The highest BCUT2D eigenvalue weighted by Crippen LogP contribution is 2.44. The fourth-order valence-electron chi connectivity index (χ4n) is 8.39. The van der Waals surface area contributed by atoms with Crippen LogP contribution in [0.1, 0.15) is 37.7 Å². The molecule has 2 N–H and O–H groups in total. The third-order valence-electron chi connectivity index (χ3n) is 10.7. The molecule has 0 spiro atoms. The third-order valence-corrected chi connectivity index (χ3v) is 10.7. The fourth-order valence-corrected chi connectivity index (χ4v) is 8.39. The summed E-state index contributed by atoms with van der Waals surface area (Å²) < 4.78 is 64.8. The van der Waals surface area contributed by atoms with Gasteiger partial charge in [-0.25, -0.2) is 18.2 Å². The van der Waals surface area contributed by atoms with Crippen LogP contribution in [0.5, 0.6) is 17.6 Å². The molecule has 9 rings (SSSR count). The number of hydrogen-bond acceptors (Lipinski definition) is 10. The summed E-state index contributed by atoms with van der Waals surface area (Å²) in [4.78, 5) is 18.4. The van der Waals surface area contributed by atoms with Gasteiger partial charge in [0, 0.05) is 49.1 Å². The molecule has 0 amide bonds. The third kappa shape index (κ3) is 5.28. The lowest BCUT2D eigenvalue weighted by atomic mass is 9.95. The monoisotopic (exact) mass is 672 g/mol. The number of anilines is 1. The van der Waals surface area contributed by atoms with Gasteiger partial charge in [-0.1, -0.05) is 12.0 Å². The number of ether oxygens (including phenoxy) is 3. The van der Waals surface area contributed by atoms with Crippen molar-refractivity contribution >= 4 is 27.5 Å². The van der Waals surface area contributed by atoms with Gasteiger partial charge in [0.1, 0.15) is 59.5 Å². The van der Waals surface area contributed by atoms with Crippen molar-refractivity contribution in [2.75, 3.05) is 50.9 Å². The highest BCUT2D eigenvalue weighted by molar-refractivity contribution is 6.04. The Kier molecular flexibility index (Phi) is 7.26. The molecule has 5 fully saturated rings. The molecule has 5 atom stereocenters. The van der Waals surface area contributed by atoms with Crippen LogP contribution in [0.2, 0.25) is 0 Å². The Morgan fingerprint density at radius 3 is 2.67 bits per heavy atom. The van der Waals surface area contributed by atoms with E-state index in [9.17, 15) is 9.50 Å². The zero-order valence-corrected chi connectivity index (χ0v) is 26.7. The van der Waals surface area contributed by atoms with Crippen molar-refractivity contribution in [2.45, 2.75) is 62.0 Å². The number of piperazine rings is 1. The van der Waals surface area contributed by atoms with Crippen LogP contribution in [0, 0.1) is 24.0 Å². The van der Waals surface area contributed by atoms with E-state index in [0.29, 0.717) is 43.9 Å². The summed E-state index contributed by atoms with van der Waals surface area (Å²) in [7, 11) is 0. The quantitative estimate of drug-likeness (QED) is 0.206. The van der Waals surface area contributed by atoms with Gasteiger partial charge in [-0.15, -0.1) is 6.42 Å². The van der Waals surface area contributed by atoms with Crippen LogP contribution in [-0.4, -0.2) is 101 Å². The van der Waals surface area contributed by atoms with Gasteiger partial charge in [-0.05, 0) is 55.8 Å². The van der Waals surface area contributed by atoms with Crippen LogP contribution in [0.4, 0.5) is 19.0 Å². The Hall–Kier alpha value is -4.38. The van der Waals surface area contributed by atoms with Crippen LogP contribution >= 0.6 is 0 Å². The molecule has 2 bridgehead atoms. The Balaban J connectivity index is 1.25. The van der Waals surface area contributed by atoms with Crippen molar-refractivity contribution in [2.24, 2.45) is 0 Å². The number of rotatable bonds is 8. The number of nitrogens with one attached hydrogen (secondary N) is 1. The number of terminal acetylenes is 1. The molecule has 254 valence electrons. The lowest BCUT2D eigenvalue weighted by Crippen LogP contribution is -2.51. The van der Waals surface area contributed by atoms with Gasteiger partial charge < -0.3 is 29.5 Å². The normalized spacial score (nSPS) is 27.5. The second-order valence-corrected chi connectivity index (χ2v) is 14.0. The largest absolute Gasteiger partial charge is 0.508 e. The molecular formula is C36H35F3N6O4. The van der Waals surface area contributed by atoms with Crippen molar-refractivity contribution in [3.8, 4) is 41.2 Å². The van der Waals surface area contributed by atoms with Gasteiger partial charge in [0.2, 0.25) is 5.88 Å². The number of pyridine rings is 1. The summed E-state index contributed by atoms with van der Waals surface area (Å²) in [5.41, 5.74) is -0.807. The van der Waals surface area contributed by atoms with Crippen molar-refractivity contribution in [3.63, 3.8) is 0 Å². The minimum Gasteiger partial charge on any atom is -0.508 e. The Bertz CT molecular complexity index is 2030. The fraction of sp³-hybridized carbons (Fsp3) is 0.472. The van der Waals surface area contributed by atoms with Crippen molar-refractivity contribution in [1.29, 1.82) is 0 Å². The van der Waals surface area contributed by atoms with E-state index in [2.05, 4.69) is 26.0 Å². The number of aromatic nitrogens is 3. The first kappa shape index (κ1) is 30.7. The first-order valence-electron chi connectivity index (χ1n) is 16.9. The van der Waals surface area contributed by atoms with Crippen LogP contribution in [-0.2, 0) is 4.74 Å². The molecule has 5 aliphatic heterocycles. The lowest BCUT2D eigenvalue weighted by Gasteiger charge is -2.35. The topological polar surface area (TPSA) is 108 Å². The molecular weight excluding hydrogens is 637 g/mol. The molecule has 10 nitrogen and oxygen atoms in total. The molecule has 13 heteroatoms. The minimum absolute atomic E-state index is 0.0411. The molecule has 0 aliphatic carbocycles. The van der Waals surface area contributed by atoms with E-state index in [1.807, 2.05) is 0 Å². The van der Waals surface area contributed by atoms with Crippen molar-refractivity contribution in [3.05, 3.63) is 41.5 Å². The van der Waals surface area contributed by atoms with Gasteiger partial charge in [-0.3, -0.25) is 4.90 Å². The van der Waals surface area contributed by atoms with E-state index in [4.69, 9.17) is 30.6 Å². The summed E-state index contributed by atoms with van der Waals surface area (Å²) in [6, 6.07) is 5.84. The van der Waals surface area contributed by atoms with Crippen LogP contribution < -0.4 is 19.7 Å². The van der Waals surface area contributed by atoms with E-state index in [1.165, 1.54) is 24.3 Å². The first-order valence-corrected chi connectivity index (χ1v) is 16.9. The first-order chi connectivity index (χ1) is 23.8. The summed E-state index contributed by atoms with van der Waals surface area (Å²) >= 11 is 0. The van der Waals surface area contributed by atoms with Gasteiger partial charge in [0.15, 0.2) is 5.82 Å². The van der Waals surface area contributed by atoms with Gasteiger partial charge in [0.05, 0.1) is 17.7 Å². The average molecular weight is 673 g/mol. The number of epoxide rings is 1. The Labute approximate surface area is 280 Å². The molecule has 5 saturated heterocycles. The summed E-state index contributed by atoms with van der Waals surface area (Å²) in [6.07, 6.45) is 8.77. The minimum atomic E-state index is -0.940. The second kappa shape index (κ2) is 11.6. The maximum absolute atomic E-state index is 17.2. The molecule has 2 aromatic heterocycles. The van der Waals surface area contributed by atoms with Crippen LogP contribution in [0.15, 0.2) is 24.3 Å². The molecule has 7 heterocycles. The van der Waals surface area contributed by atoms with E-state index < -0.39 is 23.3 Å². The Morgan fingerprint density at radius 2 is 1.90 bits per heavy atom. The predicted octanol–water partition coefficient (Wildman–Crippen LogP) is 4.48. The summed E-state index contributed by atoms with van der Waals surface area (Å²) in [6.45, 7) is 3.25. The van der Waals surface area contributed by atoms with Gasteiger partial charge in [0.25, 0.3) is 0 Å². The van der Waals surface area contributed by atoms with E-state index in [0.717, 1.165) is 32.2 Å². The van der Waals surface area contributed by atoms with Crippen LogP contribution in [0.25, 0.3) is 32.9 Å². The van der Waals surface area contributed by atoms with Gasteiger partial charge in [-0.2, -0.15) is 9.97 Å². The van der Waals surface area contributed by atoms with Crippen LogP contribution in [0.3, 0.4) is 0 Å². The highest BCUT2D eigenvalue weighted by atomic mass is 19.1. The molecule has 2 aromatic carbocycles.